The smallest absolute Gasteiger partial charge is 0.102 e. The lowest BCUT2D eigenvalue weighted by Gasteiger charge is -2.35. The number of nitrogens with zero attached hydrogens (tertiary/aromatic N) is 2. The van der Waals surface area contributed by atoms with E-state index in [1.54, 1.807) is 0 Å². The van der Waals surface area contributed by atoms with Gasteiger partial charge in [-0.2, -0.15) is 0 Å². The number of rotatable bonds is 4. The lowest BCUT2D eigenvalue weighted by Crippen LogP contribution is -2.44. The third kappa shape index (κ3) is 3.69. The molecule has 0 rings (SSSR count). The van der Waals surface area contributed by atoms with Crippen LogP contribution in [0.2, 0.25) is 0 Å². The van der Waals surface area contributed by atoms with Gasteiger partial charge in [-0.05, 0) is 34.6 Å². The van der Waals surface area contributed by atoms with Crippen LogP contribution >= 0.6 is 0 Å². The maximum atomic E-state index is 4.61. The van der Waals surface area contributed by atoms with Gasteiger partial charge >= 0.3 is 0 Å². The molecule has 0 bridgehead atoms. The molecule has 84 valence electrons. The highest BCUT2D eigenvalue weighted by molar-refractivity contribution is 5.84. The molecule has 0 aromatic heterocycles. The van der Waals surface area contributed by atoms with Gasteiger partial charge in [0, 0.05) is 24.5 Å². The van der Waals surface area contributed by atoms with Crippen molar-refractivity contribution in [3.8, 4) is 0 Å². The molecule has 0 heterocycles. The SMILES string of the molecule is CCN=C(C(C)C)N(C(C)C)C(C)C. The molecular weight excluding hydrogens is 172 g/mol. The Morgan fingerprint density at radius 3 is 1.64 bits per heavy atom. The zero-order valence-electron chi connectivity index (χ0n) is 10.8. The quantitative estimate of drug-likeness (QED) is 0.500. The van der Waals surface area contributed by atoms with Crippen molar-refractivity contribution in [1.29, 1.82) is 0 Å². The van der Waals surface area contributed by atoms with Crippen LogP contribution in [0, 0.1) is 5.92 Å². The molecule has 0 spiro atoms. The highest BCUT2D eigenvalue weighted by Gasteiger charge is 2.19. The van der Waals surface area contributed by atoms with Crippen molar-refractivity contribution < 1.29 is 0 Å². The van der Waals surface area contributed by atoms with Crippen LogP contribution in [-0.2, 0) is 0 Å². The lowest BCUT2D eigenvalue weighted by atomic mass is 10.1. The Balaban J connectivity index is 4.84. The molecule has 2 nitrogen and oxygen atoms in total. The Morgan fingerprint density at radius 2 is 1.43 bits per heavy atom. The highest BCUT2D eigenvalue weighted by atomic mass is 15.2. The second-order valence-electron chi connectivity index (χ2n) is 4.58. The molecule has 0 aliphatic carbocycles. The topological polar surface area (TPSA) is 15.6 Å². The average Bonchev–Trinajstić information content (AvgIpc) is 2.01. The Hall–Kier alpha value is -0.530. The summed E-state index contributed by atoms with van der Waals surface area (Å²) in [6.07, 6.45) is 0. The number of aliphatic imine (C=N–C) groups is 1. The second-order valence-corrected chi connectivity index (χ2v) is 4.58. The van der Waals surface area contributed by atoms with Gasteiger partial charge in [0.05, 0.1) is 0 Å². The first kappa shape index (κ1) is 13.5. The van der Waals surface area contributed by atoms with Gasteiger partial charge < -0.3 is 4.90 Å². The molecule has 0 saturated heterocycles. The molecule has 0 aromatic carbocycles. The van der Waals surface area contributed by atoms with Gasteiger partial charge in [0.2, 0.25) is 0 Å². The Labute approximate surface area is 89.4 Å². The van der Waals surface area contributed by atoms with E-state index in [1.807, 2.05) is 0 Å². The standard InChI is InChI=1S/C12H26N2/c1-8-13-12(9(2)3)14(10(4)5)11(6)7/h9-11H,8H2,1-7H3. The maximum absolute atomic E-state index is 4.61. The van der Waals surface area contributed by atoms with Crippen LogP contribution in [0.15, 0.2) is 4.99 Å². The summed E-state index contributed by atoms with van der Waals surface area (Å²) < 4.78 is 0. The Morgan fingerprint density at radius 1 is 1.00 bits per heavy atom. The van der Waals surface area contributed by atoms with E-state index < -0.39 is 0 Å². The van der Waals surface area contributed by atoms with Crippen molar-refractivity contribution in [3.05, 3.63) is 0 Å². The fourth-order valence-electron chi connectivity index (χ4n) is 1.85. The van der Waals surface area contributed by atoms with Crippen LogP contribution in [0.4, 0.5) is 0 Å². The molecule has 0 aliphatic heterocycles. The van der Waals surface area contributed by atoms with Gasteiger partial charge in [-0.25, -0.2) is 0 Å². The summed E-state index contributed by atoms with van der Waals surface area (Å²) >= 11 is 0. The Bertz CT molecular complexity index is 173. The molecule has 0 aromatic rings. The van der Waals surface area contributed by atoms with Crippen molar-refractivity contribution in [2.75, 3.05) is 6.54 Å². The van der Waals surface area contributed by atoms with Crippen molar-refractivity contribution in [3.63, 3.8) is 0 Å². The van der Waals surface area contributed by atoms with E-state index >= 15 is 0 Å². The van der Waals surface area contributed by atoms with Gasteiger partial charge in [0.1, 0.15) is 5.84 Å². The summed E-state index contributed by atoms with van der Waals surface area (Å²) in [5, 5.41) is 0. The molecule has 14 heavy (non-hydrogen) atoms. The predicted octanol–water partition coefficient (Wildman–Crippen LogP) is 3.18. The van der Waals surface area contributed by atoms with Gasteiger partial charge in [0.15, 0.2) is 0 Å². The summed E-state index contributed by atoms with van der Waals surface area (Å²) in [5.41, 5.74) is 0. The first-order valence-electron chi connectivity index (χ1n) is 5.74. The van der Waals surface area contributed by atoms with Crippen molar-refractivity contribution in [2.24, 2.45) is 10.9 Å². The van der Waals surface area contributed by atoms with Gasteiger partial charge in [-0.15, -0.1) is 0 Å². The third-order valence-electron chi connectivity index (χ3n) is 2.21. The van der Waals surface area contributed by atoms with Crippen LogP contribution in [0.1, 0.15) is 48.5 Å². The normalized spacial score (nSPS) is 13.1. The zero-order valence-corrected chi connectivity index (χ0v) is 10.8. The molecule has 2 heteroatoms. The number of hydrogen-bond donors (Lipinski definition) is 0. The number of amidine groups is 1. The number of hydrogen-bond acceptors (Lipinski definition) is 1. The minimum absolute atomic E-state index is 0.514. The molecule has 0 aliphatic rings. The maximum Gasteiger partial charge on any atom is 0.102 e. The van der Waals surface area contributed by atoms with Crippen LogP contribution in [0.25, 0.3) is 0 Å². The van der Waals surface area contributed by atoms with Gasteiger partial charge in [0.25, 0.3) is 0 Å². The van der Waals surface area contributed by atoms with E-state index in [-0.39, 0.29) is 0 Å². The summed E-state index contributed by atoms with van der Waals surface area (Å²) in [6, 6.07) is 1.06. The highest BCUT2D eigenvalue weighted by Crippen LogP contribution is 2.12. The summed E-state index contributed by atoms with van der Waals surface area (Å²) in [6.45, 7) is 16.3. The van der Waals surface area contributed by atoms with E-state index in [1.165, 1.54) is 5.84 Å². The minimum Gasteiger partial charge on any atom is -0.355 e. The van der Waals surface area contributed by atoms with Crippen LogP contribution in [-0.4, -0.2) is 29.4 Å². The zero-order chi connectivity index (χ0) is 11.3. The van der Waals surface area contributed by atoms with E-state index in [4.69, 9.17) is 0 Å². The van der Waals surface area contributed by atoms with Gasteiger partial charge in [-0.3, -0.25) is 4.99 Å². The molecule has 0 radical (unpaired) electrons. The largest absolute Gasteiger partial charge is 0.355 e. The van der Waals surface area contributed by atoms with Crippen molar-refractivity contribution in [1.82, 2.24) is 4.90 Å². The molecule has 0 atom stereocenters. The van der Waals surface area contributed by atoms with E-state index in [0.717, 1.165) is 6.54 Å². The summed E-state index contributed by atoms with van der Waals surface area (Å²) in [4.78, 5) is 7.02. The molecule has 0 N–H and O–H groups in total. The molecular formula is C12H26N2. The van der Waals surface area contributed by atoms with Crippen molar-refractivity contribution >= 4 is 5.84 Å². The van der Waals surface area contributed by atoms with Crippen LogP contribution in [0.3, 0.4) is 0 Å². The second kappa shape index (κ2) is 6.05. The van der Waals surface area contributed by atoms with E-state index in [9.17, 15) is 0 Å². The molecule has 0 amide bonds. The van der Waals surface area contributed by atoms with Crippen molar-refractivity contribution in [2.45, 2.75) is 60.5 Å². The summed E-state index contributed by atoms with van der Waals surface area (Å²) in [7, 11) is 0. The molecule has 0 unspecified atom stereocenters. The fourth-order valence-corrected chi connectivity index (χ4v) is 1.85. The van der Waals surface area contributed by atoms with Crippen LogP contribution in [0.5, 0.6) is 0 Å². The van der Waals surface area contributed by atoms with Crippen LogP contribution < -0.4 is 0 Å². The molecule has 0 saturated carbocycles. The van der Waals surface area contributed by atoms with E-state index in [2.05, 4.69) is 58.4 Å². The lowest BCUT2D eigenvalue weighted by molar-refractivity contribution is 0.279. The van der Waals surface area contributed by atoms with E-state index in [0.29, 0.717) is 18.0 Å². The average molecular weight is 198 g/mol. The monoisotopic (exact) mass is 198 g/mol. The molecule has 0 fully saturated rings. The van der Waals surface area contributed by atoms with Gasteiger partial charge in [-0.1, -0.05) is 13.8 Å². The first-order valence-corrected chi connectivity index (χ1v) is 5.74. The Kier molecular flexibility index (Phi) is 5.82. The fraction of sp³-hybridized carbons (Fsp3) is 0.917. The minimum atomic E-state index is 0.514. The first-order chi connectivity index (χ1) is 6.41. The predicted molar refractivity (Wildman–Crippen MR) is 64.9 cm³/mol. The summed E-state index contributed by atoms with van der Waals surface area (Å²) in [5.74, 6) is 1.76. The third-order valence-corrected chi connectivity index (χ3v) is 2.21.